The minimum Gasteiger partial charge on any atom is -0.346 e. The number of aromatic nitrogens is 4. The highest BCUT2D eigenvalue weighted by atomic mass is 32.1. The summed E-state index contributed by atoms with van der Waals surface area (Å²) in [5, 5.41) is 4.06. The van der Waals surface area contributed by atoms with E-state index in [4.69, 9.17) is 4.98 Å². The first-order valence-corrected chi connectivity index (χ1v) is 10.6. The first-order valence-electron chi connectivity index (χ1n) is 9.83. The molecule has 30 heavy (non-hydrogen) atoms. The zero-order chi connectivity index (χ0) is 21.4. The molecule has 3 aromatic heterocycles. The molecule has 1 saturated heterocycles. The number of carbonyl (C=O) groups excluding carboxylic acids is 1. The van der Waals surface area contributed by atoms with Gasteiger partial charge < -0.3 is 14.8 Å². The van der Waals surface area contributed by atoms with Crippen LogP contribution in [0.5, 0.6) is 0 Å². The molecule has 4 heterocycles. The Kier molecular flexibility index (Phi) is 5.38. The fourth-order valence-corrected chi connectivity index (χ4v) is 4.59. The zero-order valence-corrected chi connectivity index (χ0v) is 18.3. The molecule has 0 saturated carbocycles. The largest absolute Gasteiger partial charge is 0.346 e. The summed E-state index contributed by atoms with van der Waals surface area (Å²) in [6, 6.07) is 4.76. The summed E-state index contributed by atoms with van der Waals surface area (Å²) in [4.78, 5) is 41.3. The molecule has 0 aromatic carbocycles. The van der Waals surface area contributed by atoms with Crippen LogP contribution in [-0.4, -0.2) is 44.6 Å². The average Bonchev–Trinajstić information content (AvgIpc) is 3.30. The number of anilines is 1. The van der Waals surface area contributed by atoms with E-state index < -0.39 is 0 Å². The summed E-state index contributed by atoms with van der Waals surface area (Å²) < 4.78 is 1.73. The summed E-state index contributed by atoms with van der Waals surface area (Å²) >= 11 is 1.62. The predicted molar refractivity (Wildman–Crippen MR) is 117 cm³/mol. The average molecular weight is 425 g/mol. The van der Waals surface area contributed by atoms with Crippen molar-refractivity contribution in [2.75, 3.05) is 18.0 Å². The number of nitrogens with one attached hydrogen (secondary N) is 1. The first-order chi connectivity index (χ1) is 14.3. The minimum absolute atomic E-state index is 0.0345. The van der Waals surface area contributed by atoms with Gasteiger partial charge in [0.2, 0.25) is 5.95 Å². The molecular formula is C21H24N6O2S. The maximum absolute atomic E-state index is 12.7. The van der Waals surface area contributed by atoms with Gasteiger partial charge in [-0.2, -0.15) is 0 Å². The highest BCUT2D eigenvalue weighted by molar-refractivity contribution is 7.15. The normalized spacial score (nSPS) is 16.1. The van der Waals surface area contributed by atoms with Crippen molar-refractivity contribution in [3.05, 3.63) is 56.7 Å². The van der Waals surface area contributed by atoms with E-state index in [9.17, 15) is 9.59 Å². The highest BCUT2D eigenvalue weighted by Crippen LogP contribution is 2.29. The summed E-state index contributed by atoms with van der Waals surface area (Å²) in [6.45, 7) is 7.16. The Labute approximate surface area is 178 Å². The number of amides is 1. The van der Waals surface area contributed by atoms with Crippen molar-refractivity contribution in [1.82, 2.24) is 24.8 Å². The van der Waals surface area contributed by atoms with Crippen LogP contribution in [0.15, 0.2) is 29.2 Å². The third-order valence-electron chi connectivity index (χ3n) is 5.34. The summed E-state index contributed by atoms with van der Waals surface area (Å²) in [6.07, 6.45) is 2.55. The second-order valence-corrected chi connectivity index (χ2v) is 8.77. The predicted octanol–water partition coefficient (Wildman–Crippen LogP) is 2.23. The molecule has 1 amide bonds. The lowest BCUT2D eigenvalue weighted by Gasteiger charge is -2.18. The molecule has 0 spiro atoms. The van der Waals surface area contributed by atoms with Crippen molar-refractivity contribution in [3.63, 3.8) is 0 Å². The van der Waals surface area contributed by atoms with Crippen LogP contribution in [0, 0.1) is 20.8 Å². The van der Waals surface area contributed by atoms with Gasteiger partial charge in [0.25, 0.3) is 5.91 Å². The Morgan fingerprint density at radius 1 is 1.23 bits per heavy atom. The molecule has 156 valence electrons. The Morgan fingerprint density at radius 3 is 2.77 bits per heavy atom. The Morgan fingerprint density at radius 2 is 2.03 bits per heavy atom. The Balaban J connectivity index is 1.48. The van der Waals surface area contributed by atoms with E-state index in [0.29, 0.717) is 18.2 Å². The highest BCUT2D eigenvalue weighted by Gasteiger charge is 2.27. The van der Waals surface area contributed by atoms with Crippen molar-refractivity contribution < 1.29 is 4.79 Å². The molecule has 1 aliphatic heterocycles. The van der Waals surface area contributed by atoms with Gasteiger partial charge in [-0.25, -0.2) is 15.0 Å². The van der Waals surface area contributed by atoms with Gasteiger partial charge in [-0.05, 0) is 33.3 Å². The quantitative estimate of drug-likeness (QED) is 0.690. The van der Waals surface area contributed by atoms with Crippen LogP contribution < -0.4 is 15.6 Å². The summed E-state index contributed by atoms with van der Waals surface area (Å²) in [7, 11) is 1.78. The number of pyridine rings is 1. The van der Waals surface area contributed by atoms with Gasteiger partial charge in [-0.15, -0.1) is 11.3 Å². The summed E-state index contributed by atoms with van der Waals surface area (Å²) in [5.41, 5.74) is 2.79. The van der Waals surface area contributed by atoms with E-state index in [-0.39, 0.29) is 17.4 Å². The smallest absolute Gasteiger partial charge is 0.268 e. The molecule has 0 radical (unpaired) electrons. The van der Waals surface area contributed by atoms with Crippen LogP contribution in [0.2, 0.25) is 0 Å². The Bertz CT molecular complexity index is 1170. The van der Waals surface area contributed by atoms with E-state index in [1.807, 2.05) is 26.8 Å². The van der Waals surface area contributed by atoms with Crippen molar-refractivity contribution in [3.8, 4) is 10.6 Å². The number of hydrogen-bond donors (Lipinski definition) is 1. The van der Waals surface area contributed by atoms with Crippen LogP contribution >= 0.6 is 11.3 Å². The molecule has 1 atom stereocenters. The number of rotatable bonds is 4. The zero-order valence-electron chi connectivity index (χ0n) is 17.5. The maximum Gasteiger partial charge on any atom is 0.268 e. The SMILES string of the molecule is Cc1nc(C)c(-c2ccnc(N3CCC(NC(=O)c4cc(=O)cc(C)n4C)C3)n2)s1. The van der Waals surface area contributed by atoms with Gasteiger partial charge in [0, 0.05) is 50.2 Å². The molecule has 3 aromatic rings. The van der Waals surface area contributed by atoms with Crippen molar-refractivity contribution >= 4 is 23.2 Å². The fourth-order valence-electron chi connectivity index (χ4n) is 3.70. The van der Waals surface area contributed by atoms with Crippen LogP contribution in [0.3, 0.4) is 0 Å². The second-order valence-electron chi connectivity index (χ2n) is 7.57. The molecule has 0 aliphatic carbocycles. The lowest BCUT2D eigenvalue weighted by molar-refractivity contribution is 0.0931. The van der Waals surface area contributed by atoms with Gasteiger partial charge in [0.15, 0.2) is 5.43 Å². The standard InChI is InChI=1S/C21H24N6O2S/c1-12-9-16(28)10-18(26(12)4)20(29)24-15-6-8-27(11-15)21-22-7-5-17(25-21)19-13(2)23-14(3)30-19/h5,7,9-10,15H,6,8,11H2,1-4H3,(H,24,29). The molecular weight excluding hydrogens is 400 g/mol. The van der Waals surface area contributed by atoms with Crippen LogP contribution in [-0.2, 0) is 7.05 Å². The molecule has 1 unspecified atom stereocenters. The third-order valence-corrected chi connectivity index (χ3v) is 6.43. The summed E-state index contributed by atoms with van der Waals surface area (Å²) in [5.74, 6) is 0.410. The lowest BCUT2D eigenvalue weighted by atomic mass is 10.2. The molecule has 8 nitrogen and oxygen atoms in total. The minimum atomic E-state index is -0.240. The Hall–Kier alpha value is -3.07. The van der Waals surface area contributed by atoms with Crippen LogP contribution in [0.1, 0.15) is 33.3 Å². The van der Waals surface area contributed by atoms with E-state index in [0.717, 1.165) is 39.9 Å². The van der Waals surface area contributed by atoms with E-state index in [2.05, 4.69) is 20.2 Å². The van der Waals surface area contributed by atoms with Crippen LogP contribution in [0.4, 0.5) is 5.95 Å². The van der Waals surface area contributed by atoms with Crippen molar-refractivity contribution in [2.24, 2.45) is 7.05 Å². The van der Waals surface area contributed by atoms with Crippen molar-refractivity contribution in [1.29, 1.82) is 0 Å². The van der Waals surface area contributed by atoms with Gasteiger partial charge in [-0.1, -0.05) is 0 Å². The third kappa shape index (κ3) is 3.97. The first kappa shape index (κ1) is 20.2. The van der Waals surface area contributed by atoms with E-state index >= 15 is 0 Å². The molecule has 9 heteroatoms. The fraction of sp³-hybridized carbons (Fsp3) is 0.381. The van der Waals surface area contributed by atoms with Gasteiger partial charge >= 0.3 is 0 Å². The molecule has 4 rings (SSSR count). The number of aryl methyl sites for hydroxylation is 3. The van der Waals surface area contributed by atoms with Crippen LogP contribution in [0.25, 0.3) is 10.6 Å². The molecule has 0 bridgehead atoms. The lowest BCUT2D eigenvalue weighted by Crippen LogP contribution is -2.39. The van der Waals surface area contributed by atoms with Gasteiger partial charge in [0.05, 0.1) is 21.3 Å². The number of nitrogens with zero attached hydrogens (tertiary/aromatic N) is 5. The monoisotopic (exact) mass is 424 g/mol. The topological polar surface area (TPSA) is 93.0 Å². The van der Waals surface area contributed by atoms with Gasteiger partial charge in [-0.3, -0.25) is 9.59 Å². The molecule has 1 N–H and O–H groups in total. The molecule has 1 fully saturated rings. The second kappa shape index (κ2) is 7.98. The van der Waals surface area contributed by atoms with Crippen molar-refractivity contribution in [2.45, 2.75) is 33.2 Å². The molecule has 1 aliphatic rings. The van der Waals surface area contributed by atoms with E-state index in [1.165, 1.54) is 12.1 Å². The van der Waals surface area contributed by atoms with E-state index in [1.54, 1.807) is 29.1 Å². The number of carbonyl (C=O) groups is 1. The number of thiazole rings is 1. The number of hydrogen-bond acceptors (Lipinski definition) is 7. The maximum atomic E-state index is 12.7. The van der Waals surface area contributed by atoms with Gasteiger partial charge in [0.1, 0.15) is 5.69 Å².